The van der Waals surface area contributed by atoms with Gasteiger partial charge in [-0.05, 0) is 66.6 Å². The highest BCUT2D eigenvalue weighted by molar-refractivity contribution is 7.91. The second kappa shape index (κ2) is 14.6. The number of ether oxygens (including phenoxy) is 1. The largest absolute Gasteiger partial charge is 0.479 e. The maximum atomic E-state index is 13.8. The van der Waals surface area contributed by atoms with E-state index in [9.17, 15) is 23.1 Å². The normalized spacial score (nSPS) is 13.1. The smallest absolute Gasteiger partial charge is 0.335 e. The third-order valence-corrected chi connectivity index (χ3v) is 9.00. The Morgan fingerprint density at radius 3 is 1.90 bits per heavy atom. The summed E-state index contributed by atoms with van der Waals surface area (Å²) in [5, 5.41) is 17.5. The van der Waals surface area contributed by atoms with Gasteiger partial charge in [-0.15, -0.1) is 0 Å². The minimum Gasteiger partial charge on any atom is -0.479 e. The van der Waals surface area contributed by atoms with Crippen LogP contribution in [-0.2, 0) is 32.2 Å². The molecule has 2 N–H and O–H groups in total. The van der Waals surface area contributed by atoms with Gasteiger partial charge in [-0.3, -0.25) is 0 Å². The number of rotatable bonds is 16. The molecule has 0 aromatic heterocycles. The van der Waals surface area contributed by atoms with Crippen molar-refractivity contribution in [3.05, 3.63) is 101 Å². The molecule has 0 amide bonds. The Bertz CT molecular complexity index is 1320. The first-order chi connectivity index (χ1) is 18.8. The second-order valence-electron chi connectivity index (χ2n) is 9.60. The number of carboxylic acids is 2. The summed E-state index contributed by atoms with van der Waals surface area (Å²) in [4.78, 5) is 23.1. The van der Waals surface area contributed by atoms with Crippen molar-refractivity contribution < 1.29 is 33.0 Å². The zero-order valence-corrected chi connectivity index (χ0v) is 23.0. The van der Waals surface area contributed by atoms with Gasteiger partial charge in [0.1, 0.15) is 5.25 Å². The molecule has 0 aliphatic carbocycles. The summed E-state index contributed by atoms with van der Waals surface area (Å²) in [7, 11) is -3.07. The highest BCUT2D eigenvalue weighted by atomic mass is 32.2. The lowest BCUT2D eigenvalue weighted by Crippen LogP contribution is -2.35. The highest BCUT2D eigenvalue weighted by Gasteiger charge is 2.41. The molecule has 208 valence electrons. The molecule has 0 saturated carbocycles. The van der Waals surface area contributed by atoms with E-state index in [4.69, 9.17) is 9.84 Å². The molecule has 2 atom stereocenters. The number of aryl methyl sites for hydroxylation is 2. The fourth-order valence-electron chi connectivity index (χ4n) is 4.82. The van der Waals surface area contributed by atoms with Gasteiger partial charge < -0.3 is 14.9 Å². The number of methoxy groups -OCH3 is 1. The summed E-state index contributed by atoms with van der Waals surface area (Å²) >= 11 is 0. The maximum Gasteiger partial charge on any atom is 0.335 e. The summed E-state index contributed by atoms with van der Waals surface area (Å²) in [5.74, 6) is -2.57. The van der Waals surface area contributed by atoms with Gasteiger partial charge in [0.15, 0.2) is 15.9 Å². The van der Waals surface area contributed by atoms with E-state index < -0.39 is 33.1 Å². The van der Waals surface area contributed by atoms with Gasteiger partial charge in [0.05, 0.1) is 10.5 Å². The Kier molecular flexibility index (Phi) is 11.3. The van der Waals surface area contributed by atoms with Crippen LogP contribution in [0.3, 0.4) is 0 Å². The van der Waals surface area contributed by atoms with Gasteiger partial charge in [0.2, 0.25) is 0 Å². The quantitative estimate of drug-likeness (QED) is 0.205. The molecular weight excluding hydrogens is 516 g/mol. The first-order valence-electron chi connectivity index (χ1n) is 13.2. The van der Waals surface area contributed by atoms with Crippen LogP contribution < -0.4 is 0 Å². The predicted molar refractivity (Wildman–Crippen MR) is 150 cm³/mol. The van der Waals surface area contributed by atoms with Crippen LogP contribution in [0.15, 0.2) is 83.8 Å². The predicted octanol–water partition coefficient (Wildman–Crippen LogP) is 6.13. The van der Waals surface area contributed by atoms with Crippen LogP contribution in [-0.4, -0.2) is 43.8 Å². The molecule has 0 saturated heterocycles. The summed E-state index contributed by atoms with van der Waals surface area (Å²) < 4.78 is 32.7. The van der Waals surface area contributed by atoms with Crippen molar-refractivity contribution in [2.24, 2.45) is 0 Å². The molecular formula is C31H36O7S. The van der Waals surface area contributed by atoms with E-state index in [1.807, 2.05) is 18.2 Å². The van der Waals surface area contributed by atoms with E-state index in [1.165, 1.54) is 36.9 Å². The zero-order valence-electron chi connectivity index (χ0n) is 22.2. The SMILES string of the molecule is COC(C(=O)O)C(c1ccccc1CCCCCCCCc1ccccc1)S(=O)(=O)c1ccc(C(=O)O)cc1. The van der Waals surface area contributed by atoms with E-state index in [-0.39, 0.29) is 10.5 Å². The number of benzene rings is 3. The fourth-order valence-corrected chi connectivity index (χ4v) is 6.74. The van der Waals surface area contributed by atoms with E-state index in [0.29, 0.717) is 12.0 Å². The molecule has 0 spiro atoms. The standard InChI is InChI=1S/C31H36O7S/c1-38-28(31(34)35)29(39(36,37)26-21-19-25(20-22-26)30(32)33)27-18-12-11-17-24(27)16-10-5-3-2-4-7-13-23-14-8-6-9-15-23/h6,8-9,11-12,14-15,17-22,28-29H,2-5,7,10,13,16H2,1H3,(H,32,33)(H,34,35). The van der Waals surface area contributed by atoms with Crippen LogP contribution in [0.1, 0.15) is 70.8 Å². The Morgan fingerprint density at radius 1 is 0.744 bits per heavy atom. The molecule has 0 radical (unpaired) electrons. The van der Waals surface area contributed by atoms with E-state index in [1.54, 1.807) is 12.1 Å². The van der Waals surface area contributed by atoms with Crippen LogP contribution in [0.25, 0.3) is 0 Å². The highest BCUT2D eigenvalue weighted by Crippen LogP contribution is 2.36. The Labute approximate surface area is 230 Å². The molecule has 0 fully saturated rings. The third kappa shape index (κ3) is 8.25. The molecule has 3 aromatic rings. The topological polar surface area (TPSA) is 118 Å². The summed E-state index contributed by atoms with van der Waals surface area (Å²) in [6.07, 6.45) is 6.38. The molecule has 2 unspecified atom stereocenters. The van der Waals surface area contributed by atoms with Crippen molar-refractivity contribution in [1.82, 2.24) is 0 Å². The molecule has 3 aromatic carbocycles. The maximum absolute atomic E-state index is 13.8. The monoisotopic (exact) mass is 552 g/mol. The first-order valence-corrected chi connectivity index (χ1v) is 14.7. The van der Waals surface area contributed by atoms with Crippen LogP contribution in [0, 0.1) is 0 Å². The number of aromatic carboxylic acids is 1. The second-order valence-corrected chi connectivity index (χ2v) is 11.7. The summed E-state index contributed by atoms with van der Waals surface area (Å²) in [5.41, 5.74) is 2.44. The number of sulfone groups is 1. The van der Waals surface area contributed by atoms with Crippen molar-refractivity contribution in [2.45, 2.75) is 67.6 Å². The van der Waals surface area contributed by atoms with Gasteiger partial charge in [-0.2, -0.15) is 0 Å². The van der Waals surface area contributed by atoms with Gasteiger partial charge >= 0.3 is 11.9 Å². The number of hydrogen-bond acceptors (Lipinski definition) is 5. The molecule has 39 heavy (non-hydrogen) atoms. The lowest BCUT2D eigenvalue weighted by Gasteiger charge is -2.25. The molecule has 0 aliphatic heterocycles. The van der Waals surface area contributed by atoms with Gasteiger partial charge in [-0.1, -0.05) is 80.3 Å². The van der Waals surface area contributed by atoms with Gasteiger partial charge in [-0.25, -0.2) is 18.0 Å². The number of hydrogen-bond donors (Lipinski definition) is 2. The van der Waals surface area contributed by atoms with Crippen molar-refractivity contribution >= 4 is 21.8 Å². The van der Waals surface area contributed by atoms with Crippen LogP contribution >= 0.6 is 0 Å². The van der Waals surface area contributed by atoms with Gasteiger partial charge in [0, 0.05) is 7.11 Å². The molecule has 0 aliphatic rings. The Balaban J connectivity index is 1.70. The number of unbranched alkanes of at least 4 members (excludes halogenated alkanes) is 5. The van der Waals surface area contributed by atoms with Crippen molar-refractivity contribution in [3.8, 4) is 0 Å². The Hall–Kier alpha value is -3.49. The fraction of sp³-hybridized carbons (Fsp3) is 0.355. The average Bonchev–Trinajstić information content (AvgIpc) is 2.93. The van der Waals surface area contributed by atoms with Crippen LogP contribution in [0.2, 0.25) is 0 Å². The third-order valence-electron chi connectivity index (χ3n) is 6.90. The first kappa shape index (κ1) is 30.1. The van der Waals surface area contributed by atoms with Crippen molar-refractivity contribution in [1.29, 1.82) is 0 Å². The molecule has 0 heterocycles. The average molecular weight is 553 g/mol. The van der Waals surface area contributed by atoms with Crippen LogP contribution in [0.5, 0.6) is 0 Å². The molecule has 3 rings (SSSR count). The minimum atomic E-state index is -4.24. The summed E-state index contributed by atoms with van der Waals surface area (Å²) in [6, 6.07) is 22.2. The number of aliphatic carboxylic acids is 1. The van der Waals surface area contributed by atoms with Gasteiger partial charge in [0.25, 0.3) is 0 Å². The van der Waals surface area contributed by atoms with Crippen LogP contribution in [0.4, 0.5) is 0 Å². The van der Waals surface area contributed by atoms with E-state index in [0.717, 1.165) is 50.5 Å². The minimum absolute atomic E-state index is 0.0625. The lowest BCUT2D eigenvalue weighted by atomic mass is 9.96. The van der Waals surface area contributed by atoms with E-state index in [2.05, 4.69) is 24.3 Å². The molecule has 7 nitrogen and oxygen atoms in total. The molecule has 0 bridgehead atoms. The van der Waals surface area contributed by atoms with Crippen molar-refractivity contribution in [3.63, 3.8) is 0 Å². The zero-order chi connectivity index (χ0) is 28.3. The summed E-state index contributed by atoms with van der Waals surface area (Å²) in [6.45, 7) is 0. The Morgan fingerprint density at radius 2 is 1.31 bits per heavy atom. The van der Waals surface area contributed by atoms with E-state index >= 15 is 0 Å². The molecule has 8 heteroatoms. The van der Waals surface area contributed by atoms with Crippen molar-refractivity contribution in [2.75, 3.05) is 7.11 Å². The number of carboxylic acid groups (broad SMARTS) is 2. The number of carbonyl (C=O) groups is 2. The lowest BCUT2D eigenvalue weighted by molar-refractivity contribution is -0.148.